The monoisotopic (exact) mass is 447 g/mol. The largest absolute Gasteiger partial charge is 0.378 e. The van der Waals surface area contributed by atoms with E-state index in [0.717, 1.165) is 43.4 Å². The van der Waals surface area contributed by atoms with Gasteiger partial charge >= 0.3 is 0 Å². The van der Waals surface area contributed by atoms with Crippen LogP contribution >= 0.6 is 0 Å². The number of nitrogens with one attached hydrogen (secondary N) is 1. The number of anilines is 2. The number of aromatic nitrogens is 2. The van der Waals surface area contributed by atoms with E-state index in [1.165, 1.54) is 4.90 Å². The zero-order valence-electron chi connectivity index (χ0n) is 19.0. The number of para-hydroxylation sites is 1. The Balaban J connectivity index is 1.39. The second-order valence-corrected chi connectivity index (χ2v) is 7.90. The van der Waals surface area contributed by atoms with E-state index in [9.17, 15) is 9.59 Å². The lowest BCUT2D eigenvalue weighted by atomic mass is 10.2. The molecule has 0 radical (unpaired) electrons. The van der Waals surface area contributed by atoms with Gasteiger partial charge in [-0.15, -0.1) is 0 Å². The Kier molecular flexibility index (Phi) is 7.04. The van der Waals surface area contributed by atoms with E-state index in [4.69, 9.17) is 4.74 Å². The highest BCUT2D eigenvalue weighted by Gasteiger charge is 2.22. The molecule has 8 heteroatoms. The molecule has 1 aliphatic rings. The summed E-state index contributed by atoms with van der Waals surface area (Å²) in [5.41, 5.74) is 3.92. The van der Waals surface area contributed by atoms with Crippen LogP contribution in [0.5, 0.6) is 0 Å². The minimum atomic E-state index is -0.238. The van der Waals surface area contributed by atoms with E-state index in [0.29, 0.717) is 17.8 Å². The Labute approximate surface area is 193 Å². The van der Waals surface area contributed by atoms with E-state index in [1.807, 2.05) is 68.4 Å². The van der Waals surface area contributed by atoms with E-state index in [1.54, 1.807) is 10.9 Å². The van der Waals surface area contributed by atoms with Crippen LogP contribution in [0, 0.1) is 6.92 Å². The predicted molar refractivity (Wildman–Crippen MR) is 128 cm³/mol. The Morgan fingerprint density at radius 3 is 2.39 bits per heavy atom. The second-order valence-electron chi connectivity index (χ2n) is 7.90. The van der Waals surface area contributed by atoms with Crippen molar-refractivity contribution in [1.82, 2.24) is 14.7 Å². The number of ether oxygens (including phenoxy) is 1. The number of carbonyl (C=O) groups is 2. The Bertz CT molecular complexity index is 1090. The zero-order chi connectivity index (χ0) is 23.2. The number of nitrogens with zero attached hydrogens (tertiary/aromatic N) is 4. The summed E-state index contributed by atoms with van der Waals surface area (Å²) in [6, 6.07) is 17.4. The number of amides is 2. The number of morpholine rings is 1. The smallest absolute Gasteiger partial charge is 0.257 e. The molecule has 1 saturated heterocycles. The molecule has 2 heterocycles. The van der Waals surface area contributed by atoms with Crippen molar-refractivity contribution in [1.29, 1.82) is 0 Å². The lowest BCUT2D eigenvalue weighted by Gasteiger charge is -2.29. The number of benzene rings is 2. The standard InChI is InChI=1S/C25H29N5O3/c1-3-28(25(32)23-17-26-30(19(23)2)22-7-5-4-6-8-22)18-24(31)27-20-9-11-21(12-10-20)29-13-15-33-16-14-29/h4-12,17H,3,13-16,18H2,1-2H3,(H,27,31). The number of hydrogen-bond acceptors (Lipinski definition) is 5. The fourth-order valence-corrected chi connectivity index (χ4v) is 3.90. The molecule has 0 spiro atoms. The zero-order valence-corrected chi connectivity index (χ0v) is 19.0. The first-order valence-electron chi connectivity index (χ1n) is 11.2. The summed E-state index contributed by atoms with van der Waals surface area (Å²) >= 11 is 0. The van der Waals surface area contributed by atoms with Crippen LogP contribution < -0.4 is 10.2 Å². The van der Waals surface area contributed by atoms with Gasteiger partial charge in [-0.3, -0.25) is 9.59 Å². The Morgan fingerprint density at radius 1 is 1.03 bits per heavy atom. The van der Waals surface area contributed by atoms with Gasteiger partial charge in [-0.25, -0.2) is 4.68 Å². The minimum Gasteiger partial charge on any atom is -0.378 e. The van der Waals surface area contributed by atoms with Crippen molar-refractivity contribution in [3.05, 3.63) is 72.1 Å². The molecule has 3 aromatic rings. The SMILES string of the molecule is CCN(CC(=O)Nc1ccc(N2CCOCC2)cc1)C(=O)c1cnn(-c2ccccc2)c1C. The summed E-state index contributed by atoms with van der Waals surface area (Å²) in [6.45, 7) is 7.27. The van der Waals surface area contributed by atoms with Gasteiger partial charge in [-0.05, 0) is 50.2 Å². The molecular weight excluding hydrogens is 418 g/mol. The number of rotatable bonds is 7. The second kappa shape index (κ2) is 10.3. The van der Waals surface area contributed by atoms with Gasteiger partial charge in [-0.1, -0.05) is 18.2 Å². The average molecular weight is 448 g/mol. The van der Waals surface area contributed by atoms with Crippen LogP contribution in [0.25, 0.3) is 5.69 Å². The molecule has 0 saturated carbocycles. The normalized spacial score (nSPS) is 13.6. The fourth-order valence-electron chi connectivity index (χ4n) is 3.90. The molecule has 1 aromatic heterocycles. The molecule has 0 atom stereocenters. The summed E-state index contributed by atoms with van der Waals surface area (Å²) in [5.74, 6) is -0.451. The van der Waals surface area contributed by atoms with Gasteiger partial charge in [0, 0.05) is 31.0 Å². The number of likely N-dealkylation sites (N-methyl/N-ethyl adjacent to an activating group) is 1. The molecule has 1 aliphatic heterocycles. The van der Waals surface area contributed by atoms with Gasteiger partial charge in [0.15, 0.2) is 0 Å². The topological polar surface area (TPSA) is 79.7 Å². The Hall–Kier alpha value is -3.65. The van der Waals surface area contributed by atoms with Crippen LogP contribution in [0.2, 0.25) is 0 Å². The van der Waals surface area contributed by atoms with Crippen LogP contribution in [-0.4, -0.2) is 65.9 Å². The average Bonchev–Trinajstić information content (AvgIpc) is 3.25. The van der Waals surface area contributed by atoms with Crippen LogP contribution in [0.3, 0.4) is 0 Å². The van der Waals surface area contributed by atoms with Crippen LogP contribution in [0.4, 0.5) is 11.4 Å². The third kappa shape index (κ3) is 5.23. The summed E-state index contributed by atoms with van der Waals surface area (Å²) in [6.07, 6.45) is 1.57. The third-order valence-electron chi connectivity index (χ3n) is 5.77. The van der Waals surface area contributed by atoms with Crippen molar-refractivity contribution in [2.75, 3.05) is 49.6 Å². The molecular formula is C25H29N5O3. The Morgan fingerprint density at radius 2 is 1.73 bits per heavy atom. The van der Waals surface area contributed by atoms with E-state index in [-0.39, 0.29) is 18.4 Å². The molecule has 4 rings (SSSR count). The summed E-state index contributed by atoms with van der Waals surface area (Å²) in [5, 5.41) is 7.27. The first kappa shape index (κ1) is 22.5. The molecule has 1 N–H and O–H groups in total. The first-order valence-corrected chi connectivity index (χ1v) is 11.2. The van der Waals surface area contributed by atoms with Gasteiger partial charge in [0.25, 0.3) is 5.91 Å². The van der Waals surface area contributed by atoms with Crippen LogP contribution in [0.1, 0.15) is 23.0 Å². The lowest BCUT2D eigenvalue weighted by molar-refractivity contribution is -0.116. The van der Waals surface area contributed by atoms with Crippen LogP contribution in [0.15, 0.2) is 60.8 Å². The molecule has 2 amide bonds. The van der Waals surface area contributed by atoms with E-state index in [2.05, 4.69) is 15.3 Å². The molecule has 0 aliphatic carbocycles. The first-order chi connectivity index (χ1) is 16.1. The van der Waals surface area contributed by atoms with Gasteiger partial charge in [-0.2, -0.15) is 5.10 Å². The van der Waals surface area contributed by atoms with Crippen molar-refractivity contribution < 1.29 is 14.3 Å². The summed E-state index contributed by atoms with van der Waals surface area (Å²) in [4.78, 5) is 29.6. The van der Waals surface area contributed by atoms with E-state index < -0.39 is 0 Å². The third-order valence-corrected chi connectivity index (χ3v) is 5.77. The minimum absolute atomic E-state index is 0.0312. The van der Waals surface area contributed by atoms with E-state index >= 15 is 0 Å². The summed E-state index contributed by atoms with van der Waals surface area (Å²) < 4.78 is 7.12. The molecule has 172 valence electrons. The van der Waals surface area contributed by atoms with Crippen LogP contribution in [-0.2, 0) is 9.53 Å². The molecule has 0 bridgehead atoms. The molecule has 2 aromatic carbocycles. The maximum Gasteiger partial charge on any atom is 0.257 e. The van der Waals surface area contributed by atoms with Crippen molar-refractivity contribution in [3.8, 4) is 5.69 Å². The number of carbonyl (C=O) groups excluding carboxylic acids is 2. The quantitative estimate of drug-likeness (QED) is 0.602. The maximum absolute atomic E-state index is 13.1. The van der Waals surface area contributed by atoms with Crippen molar-refractivity contribution in [2.45, 2.75) is 13.8 Å². The maximum atomic E-state index is 13.1. The predicted octanol–water partition coefficient (Wildman–Crippen LogP) is 3.12. The summed E-state index contributed by atoms with van der Waals surface area (Å²) in [7, 11) is 0. The lowest BCUT2D eigenvalue weighted by Crippen LogP contribution is -2.38. The van der Waals surface area contributed by atoms with Gasteiger partial charge in [0.1, 0.15) is 6.54 Å². The molecule has 8 nitrogen and oxygen atoms in total. The van der Waals surface area contributed by atoms with Crippen molar-refractivity contribution in [2.24, 2.45) is 0 Å². The highest BCUT2D eigenvalue weighted by Crippen LogP contribution is 2.19. The van der Waals surface area contributed by atoms with Crippen molar-refractivity contribution in [3.63, 3.8) is 0 Å². The highest BCUT2D eigenvalue weighted by molar-refractivity contribution is 6.00. The van der Waals surface area contributed by atoms with Gasteiger partial charge < -0.3 is 19.9 Å². The fraction of sp³-hybridized carbons (Fsp3) is 0.320. The molecule has 1 fully saturated rings. The van der Waals surface area contributed by atoms with Crippen molar-refractivity contribution >= 4 is 23.2 Å². The molecule has 33 heavy (non-hydrogen) atoms. The molecule has 0 unspecified atom stereocenters. The van der Waals surface area contributed by atoms with Gasteiger partial charge in [0.05, 0.1) is 36.4 Å². The number of hydrogen-bond donors (Lipinski definition) is 1. The van der Waals surface area contributed by atoms with Gasteiger partial charge in [0.2, 0.25) is 5.91 Å². The highest BCUT2D eigenvalue weighted by atomic mass is 16.5.